The Balaban J connectivity index is 1.23. The van der Waals surface area contributed by atoms with Crippen LogP contribution in [0, 0.1) is 0 Å². The van der Waals surface area contributed by atoms with Gasteiger partial charge >= 0.3 is 5.97 Å². The third-order valence-corrected chi connectivity index (χ3v) is 7.08. The highest BCUT2D eigenvalue weighted by atomic mass is 16.5. The van der Waals surface area contributed by atoms with Crippen molar-refractivity contribution in [1.82, 2.24) is 14.9 Å². The number of rotatable bonds is 11. The smallest absolute Gasteiger partial charge is 0.348 e. The molecule has 0 amide bonds. The van der Waals surface area contributed by atoms with E-state index in [2.05, 4.69) is 49.4 Å². The zero-order valence-electron chi connectivity index (χ0n) is 23.4. The van der Waals surface area contributed by atoms with E-state index in [1.54, 1.807) is 26.1 Å². The van der Waals surface area contributed by atoms with Gasteiger partial charge in [-0.05, 0) is 42.3 Å². The van der Waals surface area contributed by atoms with Crippen molar-refractivity contribution < 1.29 is 19.4 Å². The van der Waals surface area contributed by atoms with Crippen LogP contribution in [0.25, 0.3) is 0 Å². The van der Waals surface area contributed by atoms with Crippen molar-refractivity contribution in [2.45, 2.75) is 25.5 Å². The van der Waals surface area contributed by atoms with Crippen LogP contribution in [0.15, 0.2) is 91.0 Å². The van der Waals surface area contributed by atoms with Crippen molar-refractivity contribution in [3.8, 4) is 17.4 Å². The van der Waals surface area contributed by atoms with Crippen LogP contribution in [0.1, 0.15) is 18.1 Å². The maximum atomic E-state index is 12.1. The lowest BCUT2D eigenvalue weighted by Gasteiger charge is -2.35. The SMILES string of the molecule is CNc1nc(Oc2ccc(CC(C)(Oc3ccccc3)C(=O)O)cc2)cc(N2CCN(Cc3ccccc3)CC2)n1. The van der Waals surface area contributed by atoms with Crippen LogP contribution in [-0.4, -0.2) is 64.8 Å². The topological polar surface area (TPSA) is 100 Å². The Labute approximate surface area is 240 Å². The standard InChI is InChI=1S/C32H35N5O4/c1-32(30(38)39,41-27-11-7-4-8-12-27)22-24-13-15-26(16-14-24)40-29-21-28(34-31(33-2)35-29)37-19-17-36(18-20-37)23-25-9-5-3-6-10-25/h3-16,21H,17-20,22-23H2,1-2H3,(H,38,39)(H,33,34,35). The number of nitrogens with zero attached hydrogens (tertiary/aromatic N) is 4. The number of benzene rings is 3. The van der Waals surface area contributed by atoms with Crippen molar-refractivity contribution in [3.05, 3.63) is 102 Å². The largest absolute Gasteiger partial charge is 0.478 e. The summed E-state index contributed by atoms with van der Waals surface area (Å²) in [7, 11) is 1.78. The van der Waals surface area contributed by atoms with Crippen molar-refractivity contribution in [2.75, 3.05) is 43.4 Å². The van der Waals surface area contributed by atoms with Gasteiger partial charge < -0.3 is 24.8 Å². The summed E-state index contributed by atoms with van der Waals surface area (Å²) in [6.07, 6.45) is 0.190. The second kappa shape index (κ2) is 12.7. The summed E-state index contributed by atoms with van der Waals surface area (Å²) < 4.78 is 12.0. The highest BCUT2D eigenvalue weighted by Gasteiger charge is 2.36. The van der Waals surface area contributed by atoms with Gasteiger partial charge in [0.05, 0.1) is 0 Å². The van der Waals surface area contributed by atoms with E-state index in [9.17, 15) is 9.90 Å². The molecule has 9 heteroatoms. The summed E-state index contributed by atoms with van der Waals surface area (Å²) in [4.78, 5) is 25.9. The average molecular weight is 554 g/mol. The molecule has 1 aliphatic rings. The maximum Gasteiger partial charge on any atom is 0.348 e. The lowest BCUT2D eigenvalue weighted by molar-refractivity contribution is -0.153. The molecule has 0 bridgehead atoms. The number of hydrogen-bond donors (Lipinski definition) is 2. The van der Waals surface area contributed by atoms with Crippen LogP contribution in [0.2, 0.25) is 0 Å². The first-order valence-corrected chi connectivity index (χ1v) is 13.7. The summed E-state index contributed by atoms with van der Waals surface area (Å²) in [5, 5.41) is 12.9. The molecule has 0 spiro atoms. The highest BCUT2D eigenvalue weighted by Crippen LogP contribution is 2.28. The van der Waals surface area contributed by atoms with Gasteiger partial charge in [-0.1, -0.05) is 60.7 Å². The molecule has 2 heterocycles. The number of piperazine rings is 1. The summed E-state index contributed by atoms with van der Waals surface area (Å²) >= 11 is 0. The van der Waals surface area contributed by atoms with Gasteiger partial charge in [0, 0.05) is 52.3 Å². The summed E-state index contributed by atoms with van der Waals surface area (Å²) in [6, 6.07) is 28.7. The van der Waals surface area contributed by atoms with Crippen molar-refractivity contribution in [2.24, 2.45) is 0 Å². The molecule has 9 nitrogen and oxygen atoms in total. The maximum absolute atomic E-state index is 12.1. The molecule has 2 N–H and O–H groups in total. The lowest BCUT2D eigenvalue weighted by Crippen LogP contribution is -2.46. The molecule has 0 radical (unpaired) electrons. The monoisotopic (exact) mass is 553 g/mol. The minimum atomic E-state index is -1.42. The molecule has 0 saturated carbocycles. The molecule has 1 atom stereocenters. The molecule has 4 aromatic rings. The Morgan fingerprint density at radius 2 is 1.54 bits per heavy atom. The fourth-order valence-electron chi connectivity index (χ4n) is 4.81. The zero-order valence-corrected chi connectivity index (χ0v) is 23.4. The molecular weight excluding hydrogens is 518 g/mol. The Hall–Kier alpha value is -4.63. The van der Waals surface area contributed by atoms with Gasteiger partial charge in [0.15, 0.2) is 0 Å². The first-order valence-electron chi connectivity index (χ1n) is 13.7. The number of carboxylic acid groups (broad SMARTS) is 1. The van der Waals surface area contributed by atoms with Crippen LogP contribution >= 0.6 is 0 Å². The van der Waals surface area contributed by atoms with Crippen molar-refractivity contribution in [3.63, 3.8) is 0 Å². The van der Waals surface area contributed by atoms with Gasteiger partial charge in [0.1, 0.15) is 17.3 Å². The molecule has 41 heavy (non-hydrogen) atoms. The van der Waals surface area contributed by atoms with E-state index in [0.29, 0.717) is 23.3 Å². The molecule has 1 saturated heterocycles. The van der Waals surface area contributed by atoms with Crippen molar-refractivity contribution >= 4 is 17.7 Å². The number of carbonyl (C=O) groups is 1. The molecule has 212 valence electrons. The summed E-state index contributed by atoms with van der Waals surface area (Å²) in [5.41, 5.74) is 0.710. The predicted molar refractivity (Wildman–Crippen MR) is 159 cm³/mol. The van der Waals surface area contributed by atoms with Crippen LogP contribution in [0.3, 0.4) is 0 Å². The Morgan fingerprint density at radius 3 is 2.17 bits per heavy atom. The summed E-state index contributed by atoms with van der Waals surface area (Å²) in [6.45, 7) is 6.11. The Bertz CT molecular complexity index is 1430. The van der Waals surface area contributed by atoms with E-state index >= 15 is 0 Å². The number of nitrogens with one attached hydrogen (secondary N) is 1. The van der Waals surface area contributed by atoms with Crippen LogP contribution in [0.5, 0.6) is 17.4 Å². The van der Waals surface area contributed by atoms with Crippen molar-refractivity contribution in [1.29, 1.82) is 0 Å². The number of para-hydroxylation sites is 1. The van der Waals surface area contributed by atoms with E-state index in [-0.39, 0.29) is 6.42 Å². The highest BCUT2D eigenvalue weighted by molar-refractivity contribution is 5.78. The molecule has 1 aromatic heterocycles. The molecule has 1 aliphatic heterocycles. The number of ether oxygens (including phenoxy) is 2. The molecule has 1 unspecified atom stereocenters. The molecule has 3 aromatic carbocycles. The van der Waals surface area contributed by atoms with E-state index < -0.39 is 11.6 Å². The molecule has 5 rings (SSSR count). The number of anilines is 2. The van der Waals surface area contributed by atoms with Gasteiger partial charge in [0.2, 0.25) is 17.4 Å². The van der Waals surface area contributed by atoms with E-state index in [0.717, 1.165) is 44.1 Å². The molecule has 1 fully saturated rings. The quantitative estimate of drug-likeness (QED) is 0.263. The second-order valence-electron chi connectivity index (χ2n) is 10.3. The van der Waals surface area contributed by atoms with E-state index in [1.165, 1.54) is 5.56 Å². The zero-order chi connectivity index (χ0) is 28.7. The fraction of sp³-hybridized carbons (Fsp3) is 0.281. The van der Waals surface area contributed by atoms with Gasteiger partial charge in [-0.3, -0.25) is 4.90 Å². The molecule has 0 aliphatic carbocycles. The fourth-order valence-corrected chi connectivity index (χ4v) is 4.81. The minimum absolute atomic E-state index is 0.190. The Morgan fingerprint density at radius 1 is 0.878 bits per heavy atom. The van der Waals surface area contributed by atoms with Gasteiger partial charge in [0.25, 0.3) is 0 Å². The molecular formula is C32H35N5O4. The van der Waals surface area contributed by atoms with Crippen LogP contribution < -0.4 is 19.7 Å². The number of carboxylic acids is 1. The van der Waals surface area contributed by atoms with Gasteiger partial charge in [-0.2, -0.15) is 9.97 Å². The minimum Gasteiger partial charge on any atom is -0.478 e. The first kappa shape index (κ1) is 27.9. The van der Waals surface area contributed by atoms with Gasteiger partial charge in [-0.25, -0.2) is 4.79 Å². The number of aromatic nitrogens is 2. The lowest BCUT2D eigenvalue weighted by atomic mass is 9.96. The van der Waals surface area contributed by atoms with Gasteiger partial charge in [-0.15, -0.1) is 0 Å². The number of hydrogen-bond acceptors (Lipinski definition) is 8. The number of aliphatic carboxylic acids is 1. The van der Waals surface area contributed by atoms with E-state index in [4.69, 9.17) is 9.47 Å². The third-order valence-electron chi connectivity index (χ3n) is 7.08. The normalized spacial score (nSPS) is 15.1. The first-order chi connectivity index (χ1) is 19.9. The predicted octanol–water partition coefficient (Wildman–Crippen LogP) is 5.10. The average Bonchev–Trinajstić information content (AvgIpc) is 2.99. The van der Waals surface area contributed by atoms with Crippen LogP contribution in [-0.2, 0) is 17.8 Å². The van der Waals surface area contributed by atoms with E-state index in [1.807, 2.05) is 54.6 Å². The second-order valence-corrected chi connectivity index (χ2v) is 10.3. The summed E-state index contributed by atoms with van der Waals surface area (Å²) in [5.74, 6) is 1.79. The third kappa shape index (κ3) is 7.32. The Kier molecular flexibility index (Phi) is 8.64. The van der Waals surface area contributed by atoms with Crippen LogP contribution in [0.4, 0.5) is 11.8 Å².